The number of thiocarbonyl (C=S) groups is 1. The molecule has 1 aliphatic carbocycles. The van der Waals surface area contributed by atoms with Crippen LogP contribution < -0.4 is 4.90 Å². The van der Waals surface area contributed by atoms with Crippen molar-refractivity contribution in [1.29, 1.82) is 0 Å². The van der Waals surface area contributed by atoms with Crippen molar-refractivity contribution in [3.8, 4) is 0 Å². The Bertz CT molecular complexity index is 1440. The second kappa shape index (κ2) is 10.9. The van der Waals surface area contributed by atoms with Crippen LogP contribution in [-0.2, 0) is 37.7 Å². The highest BCUT2D eigenvalue weighted by Crippen LogP contribution is 2.51. The number of esters is 1. The Labute approximate surface area is 225 Å². The number of benzene rings is 3. The van der Waals surface area contributed by atoms with Gasteiger partial charge in [0.05, 0.1) is 22.8 Å². The molecule has 2 aliphatic rings. The lowest BCUT2D eigenvalue weighted by Crippen LogP contribution is -2.51. The summed E-state index contributed by atoms with van der Waals surface area (Å²) in [4.78, 5) is 46.2. The predicted molar refractivity (Wildman–Crippen MR) is 145 cm³/mol. The van der Waals surface area contributed by atoms with Gasteiger partial charge >= 0.3 is 12.1 Å². The first-order valence-electron chi connectivity index (χ1n) is 12.2. The van der Waals surface area contributed by atoms with Crippen LogP contribution in [0.1, 0.15) is 23.1 Å². The second-order valence-corrected chi connectivity index (χ2v) is 9.28. The van der Waals surface area contributed by atoms with Gasteiger partial charge in [0.25, 0.3) is 5.91 Å². The molecule has 3 aromatic carbocycles. The number of ether oxygens (including phenoxy) is 2. The maximum atomic E-state index is 14.1. The molecule has 3 aromatic rings. The molecule has 1 heterocycles. The highest BCUT2D eigenvalue weighted by molar-refractivity contribution is 7.78. The zero-order chi connectivity index (χ0) is 26.5. The molecule has 1 spiro atoms. The number of hydrogen-bond acceptors (Lipinski definition) is 7. The number of carbonyl (C=O) groups is 3. The standard InChI is InChI=1S/C30H24N2O5S/c33-27(36-18-21-9-3-1-4-10-21)25-17-23(31-20-38)15-16-30(25)24-13-7-8-14-26(24)32(28(30)34)29(35)37-19-22-11-5-2-6-12-22/h1-16,23,25H,17-19H2/t23-,25-,30-/m0/s1. The smallest absolute Gasteiger partial charge is 0.421 e. The Morgan fingerprint density at radius 1 is 0.921 bits per heavy atom. The van der Waals surface area contributed by atoms with Crippen molar-refractivity contribution in [3.63, 3.8) is 0 Å². The van der Waals surface area contributed by atoms with Crippen molar-refractivity contribution < 1.29 is 23.9 Å². The lowest BCUT2D eigenvalue weighted by atomic mass is 9.65. The SMILES string of the molecule is O=C(OCc1ccccc1)[C@@H]1C[C@@H](N=C=S)C=C[C@@]12C(=O)N(C(=O)OCc1ccccc1)c1ccccc12. The molecule has 190 valence electrons. The molecular formula is C30H24N2O5S. The van der Waals surface area contributed by atoms with E-state index in [0.717, 1.165) is 16.0 Å². The molecule has 5 rings (SSSR count). The minimum atomic E-state index is -1.45. The summed E-state index contributed by atoms with van der Waals surface area (Å²) in [6.07, 6.45) is 2.73. The molecule has 0 fully saturated rings. The molecule has 0 bridgehead atoms. The maximum Gasteiger partial charge on any atom is 0.421 e. The molecule has 7 nitrogen and oxygen atoms in total. The van der Waals surface area contributed by atoms with Crippen molar-refractivity contribution in [2.45, 2.75) is 31.1 Å². The predicted octanol–water partition coefficient (Wildman–Crippen LogP) is 5.40. The summed E-state index contributed by atoms with van der Waals surface area (Å²) in [7, 11) is 0. The summed E-state index contributed by atoms with van der Waals surface area (Å²) < 4.78 is 11.2. The van der Waals surface area contributed by atoms with Crippen LogP contribution in [-0.4, -0.2) is 29.2 Å². The van der Waals surface area contributed by atoms with Gasteiger partial charge in [-0.25, -0.2) is 14.7 Å². The monoisotopic (exact) mass is 524 g/mol. The molecule has 0 aromatic heterocycles. The third kappa shape index (κ3) is 4.67. The number of fused-ring (bicyclic) bond motifs is 2. The van der Waals surface area contributed by atoms with Crippen LogP contribution in [0.4, 0.5) is 10.5 Å². The number of isothiocyanates is 1. The van der Waals surface area contributed by atoms with E-state index in [1.165, 1.54) is 0 Å². The number of nitrogens with zero attached hydrogens (tertiary/aromatic N) is 2. The Morgan fingerprint density at radius 3 is 2.18 bits per heavy atom. The number of aliphatic imine (C=N–C) groups is 1. The molecular weight excluding hydrogens is 500 g/mol. The van der Waals surface area contributed by atoms with Gasteiger partial charge in [-0.2, -0.15) is 0 Å². The third-order valence-electron chi connectivity index (χ3n) is 6.87. The molecule has 0 N–H and O–H groups in total. The highest BCUT2D eigenvalue weighted by atomic mass is 32.1. The summed E-state index contributed by atoms with van der Waals surface area (Å²) in [5, 5.41) is 2.36. The number of imide groups is 1. The quantitative estimate of drug-likeness (QED) is 0.186. The Morgan fingerprint density at radius 2 is 1.53 bits per heavy atom. The van der Waals surface area contributed by atoms with Gasteiger partial charge in [-0.3, -0.25) is 9.59 Å². The zero-order valence-corrected chi connectivity index (χ0v) is 21.2. The number of hydrogen-bond donors (Lipinski definition) is 0. The topological polar surface area (TPSA) is 85.3 Å². The van der Waals surface area contributed by atoms with Crippen LogP contribution in [0.15, 0.2) is 102 Å². The Hall–Kier alpha value is -4.39. The number of carbonyl (C=O) groups excluding carboxylic acids is 3. The van der Waals surface area contributed by atoms with E-state index in [1.54, 1.807) is 36.4 Å². The average Bonchev–Trinajstić information content (AvgIpc) is 3.20. The summed E-state index contributed by atoms with van der Waals surface area (Å²) in [5.74, 6) is -2.08. The van der Waals surface area contributed by atoms with Gasteiger partial charge in [-0.05, 0) is 41.4 Å². The van der Waals surface area contributed by atoms with E-state index < -0.39 is 35.3 Å². The maximum absolute atomic E-state index is 14.1. The van der Waals surface area contributed by atoms with Crippen LogP contribution in [0.3, 0.4) is 0 Å². The van der Waals surface area contributed by atoms with Crippen LogP contribution >= 0.6 is 12.2 Å². The third-order valence-corrected chi connectivity index (χ3v) is 6.98. The first-order valence-corrected chi connectivity index (χ1v) is 12.6. The molecule has 0 saturated carbocycles. The van der Waals surface area contributed by atoms with E-state index in [-0.39, 0.29) is 19.6 Å². The van der Waals surface area contributed by atoms with E-state index >= 15 is 0 Å². The lowest BCUT2D eigenvalue weighted by molar-refractivity contribution is -0.154. The highest BCUT2D eigenvalue weighted by Gasteiger charge is 2.60. The van der Waals surface area contributed by atoms with Crippen molar-refractivity contribution in [2.75, 3.05) is 4.90 Å². The fourth-order valence-corrected chi connectivity index (χ4v) is 5.19. The molecule has 38 heavy (non-hydrogen) atoms. The molecule has 1 aliphatic heterocycles. The van der Waals surface area contributed by atoms with Crippen molar-refractivity contribution in [2.24, 2.45) is 10.9 Å². The van der Waals surface area contributed by atoms with E-state index in [9.17, 15) is 14.4 Å². The minimum absolute atomic E-state index is 0.00244. The number of rotatable bonds is 6. The van der Waals surface area contributed by atoms with Crippen LogP contribution in [0.25, 0.3) is 0 Å². The fraction of sp³-hybridized carbons (Fsp3) is 0.200. The normalized spacial score (nSPS) is 21.5. The first-order chi connectivity index (χ1) is 18.5. The van der Waals surface area contributed by atoms with Crippen LogP contribution in [0, 0.1) is 5.92 Å². The van der Waals surface area contributed by atoms with Gasteiger partial charge in [0.2, 0.25) is 0 Å². The molecule has 0 unspecified atom stereocenters. The minimum Gasteiger partial charge on any atom is -0.461 e. The van der Waals surface area contributed by atoms with Gasteiger partial charge in [0, 0.05) is 0 Å². The summed E-state index contributed by atoms with van der Waals surface area (Å²) in [6.45, 7) is 0.0538. The molecule has 3 atom stereocenters. The zero-order valence-electron chi connectivity index (χ0n) is 20.4. The van der Waals surface area contributed by atoms with Gasteiger partial charge in [0.15, 0.2) is 0 Å². The largest absolute Gasteiger partial charge is 0.461 e. The van der Waals surface area contributed by atoms with Crippen molar-refractivity contribution in [1.82, 2.24) is 0 Å². The number of para-hydroxylation sites is 1. The lowest BCUT2D eigenvalue weighted by Gasteiger charge is -2.36. The van der Waals surface area contributed by atoms with E-state index in [2.05, 4.69) is 10.2 Å². The molecule has 8 heteroatoms. The second-order valence-electron chi connectivity index (χ2n) is 9.10. The Balaban J connectivity index is 1.49. The number of anilines is 1. The summed E-state index contributed by atoms with van der Waals surface area (Å²) >= 11 is 4.78. The molecule has 0 radical (unpaired) electrons. The van der Waals surface area contributed by atoms with Crippen molar-refractivity contribution >= 4 is 41.0 Å². The van der Waals surface area contributed by atoms with Crippen molar-refractivity contribution in [3.05, 3.63) is 114 Å². The molecule has 2 amide bonds. The van der Waals surface area contributed by atoms with E-state index in [1.807, 2.05) is 60.7 Å². The van der Waals surface area contributed by atoms with Gasteiger partial charge in [0.1, 0.15) is 18.6 Å². The summed E-state index contributed by atoms with van der Waals surface area (Å²) in [6, 6.07) is 25.0. The van der Waals surface area contributed by atoms with Gasteiger partial charge < -0.3 is 9.47 Å². The first kappa shape index (κ1) is 25.3. The molecule has 0 saturated heterocycles. The van der Waals surface area contributed by atoms with Crippen LogP contribution in [0.2, 0.25) is 0 Å². The van der Waals surface area contributed by atoms with Gasteiger partial charge in [-0.15, -0.1) is 0 Å². The van der Waals surface area contributed by atoms with Crippen LogP contribution in [0.5, 0.6) is 0 Å². The number of amides is 2. The van der Waals surface area contributed by atoms with Gasteiger partial charge in [-0.1, -0.05) is 91.0 Å². The van der Waals surface area contributed by atoms with E-state index in [0.29, 0.717) is 11.3 Å². The average molecular weight is 525 g/mol. The van der Waals surface area contributed by atoms with E-state index in [4.69, 9.17) is 21.7 Å². The summed E-state index contributed by atoms with van der Waals surface area (Å²) in [5.41, 5.74) is 1.06. The fourth-order valence-electron chi connectivity index (χ4n) is 5.05. The Kier molecular flexibility index (Phi) is 7.26.